The second-order valence-corrected chi connectivity index (χ2v) is 4.17. The number of halogens is 3. The van der Waals surface area contributed by atoms with Crippen LogP contribution in [0.25, 0.3) is 0 Å². The molecule has 0 amide bonds. The molecule has 2 unspecified atom stereocenters. The maximum Gasteiger partial charge on any atom is 0.162 e. The molecule has 0 aromatic heterocycles. The molecule has 3 heteroatoms. The zero-order valence-corrected chi connectivity index (χ0v) is 7.60. The summed E-state index contributed by atoms with van der Waals surface area (Å²) in [5, 5.41) is 0. The maximum atomic E-state index is 11.8. The van der Waals surface area contributed by atoms with E-state index in [2.05, 4.69) is 0 Å². The Kier molecular flexibility index (Phi) is 4.19. The molecule has 0 rings (SSSR count). The molecule has 2 atom stereocenters. The molecule has 0 aromatic rings. The fourth-order valence-electron chi connectivity index (χ4n) is 0. The van der Waals surface area contributed by atoms with Crippen LogP contribution in [0.2, 0.25) is 0 Å². The van der Waals surface area contributed by atoms with Gasteiger partial charge >= 0.3 is 0 Å². The smallest absolute Gasteiger partial charge is 0.162 e. The van der Waals surface area contributed by atoms with Crippen LogP contribution < -0.4 is 0 Å². The van der Waals surface area contributed by atoms with Gasteiger partial charge in [-0.05, 0) is 29.5 Å². The van der Waals surface area contributed by atoms with E-state index in [-0.39, 0.29) is 3.92 Å². The first-order valence-electron chi connectivity index (χ1n) is 1.57. The standard InChI is InChI=1S/C3H5FI2/c1-2(5)3(4)6/h2-3H,1H3. The highest BCUT2D eigenvalue weighted by Gasteiger charge is 2.04. The monoisotopic (exact) mass is 314 g/mol. The highest BCUT2D eigenvalue weighted by Crippen LogP contribution is 2.14. The van der Waals surface area contributed by atoms with Crippen LogP contribution in [-0.2, 0) is 0 Å². The van der Waals surface area contributed by atoms with Crippen LogP contribution in [0, 0.1) is 0 Å². The Morgan fingerprint density at radius 2 is 1.67 bits per heavy atom. The van der Waals surface area contributed by atoms with Gasteiger partial charge in [0.25, 0.3) is 0 Å². The molecule has 0 nitrogen and oxygen atoms in total. The zero-order chi connectivity index (χ0) is 5.15. The van der Waals surface area contributed by atoms with Crippen molar-refractivity contribution in [1.29, 1.82) is 0 Å². The van der Waals surface area contributed by atoms with Crippen molar-refractivity contribution in [2.24, 2.45) is 0 Å². The van der Waals surface area contributed by atoms with Gasteiger partial charge in [-0.25, -0.2) is 4.39 Å². The third-order valence-corrected chi connectivity index (χ3v) is 3.43. The van der Waals surface area contributed by atoms with Crippen LogP contribution in [0.4, 0.5) is 4.39 Å². The van der Waals surface area contributed by atoms with Gasteiger partial charge in [0.05, 0.1) is 0 Å². The van der Waals surface area contributed by atoms with Crippen molar-refractivity contribution in [3.05, 3.63) is 0 Å². The molecule has 0 bridgehead atoms. The molecule has 0 aliphatic rings. The Hall–Kier alpha value is 1.39. The Balaban J connectivity index is 2.99. The lowest BCUT2D eigenvalue weighted by molar-refractivity contribution is 0.478. The van der Waals surface area contributed by atoms with E-state index in [9.17, 15) is 4.39 Å². The normalized spacial score (nSPS) is 20.0. The van der Waals surface area contributed by atoms with Gasteiger partial charge < -0.3 is 0 Å². The molecular formula is C3H5FI2. The average Bonchev–Trinajstić information content (AvgIpc) is 1.36. The minimum absolute atomic E-state index is 0.142. The molecule has 6 heavy (non-hydrogen) atoms. The summed E-state index contributed by atoms with van der Waals surface area (Å²) in [4.78, 5) is 0. The highest BCUT2D eigenvalue weighted by molar-refractivity contribution is 14.1. The Labute approximate surface area is 64.2 Å². The van der Waals surface area contributed by atoms with Crippen LogP contribution in [0.1, 0.15) is 6.92 Å². The minimum Gasteiger partial charge on any atom is -0.235 e. The quantitative estimate of drug-likeness (QED) is 0.515. The van der Waals surface area contributed by atoms with Gasteiger partial charge in [-0.3, -0.25) is 0 Å². The topological polar surface area (TPSA) is 0 Å². The first-order valence-corrected chi connectivity index (χ1v) is 4.06. The predicted octanol–water partition coefficient (Wildman–Crippen LogP) is 2.54. The molecule has 0 heterocycles. The first kappa shape index (κ1) is 7.39. The molecule has 0 fully saturated rings. The van der Waals surface area contributed by atoms with Crippen LogP contribution in [0.5, 0.6) is 0 Å². The number of hydrogen-bond acceptors (Lipinski definition) is 0. The number of rotatable bonds is 1. The van der Waals surface area contributed by atoms with E-state index in [4.69, 9.17) is 0 Å². The fourth-order valence-corrected chi connectivity index (χ4v) is 0. The first-order chi connectivity index (χ1) is 2.64. The number of hydrogen-bond donors (Lipinski definition) is 0. The van der Waals surface area contributed by atoms with Crippen molar-refractivity contribution in [3.8, 4) is 0 Å². The summed E-state index contributed by atoms with van der Waals surface area (Å²) in [5.74, 6) is 0. The molecular weight excluding hydrogens is 309 g/mol. The minimum atomic E-state index is -0.691. The van der Waals surface area contributed by atoms with Crippen molar-refractivity contribution in [1.82, 2.24) is 0 Å². The van der Waals surface area contributed by atoms with Gasteiger partial charge in [-0.1, -0.05) is 22.6 Å². The highest BCUT2D eigenvalue weighted by atomic mass is 127. The van der Waals surface area contributed by atoms with Crippen LogP contribution >= 0.6 is 45.2 Å². The zero-order valence-electron chi connectivity index (χ0n) is 3.29. The van der Waals surface area contributed by atoms with Gasteiger partial charge in [0.2, 0.25) is 0 Å². The van der Waals surface area contributed by atoms with E-state index < -0.39 is 4.18 Å². The van der Waals surface area contributed by atoms with E-state index in [0.29, 0.717) is 0 Å². The molecule has 0 N–H and O–H groups in total. The lowest BCUT2D eigenvalue weighted by atomic mass is 10.6. The number of alkyl halides is 3. The van der Waals surface area contributed by atoms with Crippen molar-refractivity contribution in [2.45, 2.75) is 15.0 Å². The van der Waals surface area contributed by atoms with Crippen LogP contribution in [-0.4, -0.2) is 8.10 Å². The molecule has 0 saturated carbocycles. The Morgan fingerprint density at radius 1 is 1.50 bits per heavy atom. The molecule has 0 aliphatic heterocycles. The van der Waals surface area contributed by atoms with Crippen molar-refractivity contribution in [3.63, 3.8) is 0 Å². The fraction of sp³-hybridized carbons (Fsp3) is 1.00. The third kappa shape index (κ3) is 3.58. The van der Waals surface area contributed by atoms with E-state index in [0.717, 1.165) is 0 Å². The van der Waals surface area contributed by atoms with E-state index in [1.54, 1.807) is 22.6 Å². The molecule has 0 radical (unpaired) electrons. The summed E-state index contributed by atoms with van der Waals surface area (Å²) in [5.41, 5.74) is 0. The van der Waals surface area contributed by atoms with Crippen molar-refractivity contribution >= 4 is 45.2 Å². The second kappa shape index (κ2) is 3.40. The molecule has 0 saturated heterocycles. The lowest BCUT2D eigenvalue weighted by Gasteiger charge is -1.97. The molecule has 0 aliphatic carbocycles. The van der Waals surface area contributed by atoms with E-state index in [1.165, 1.54) is 0 Å². The van der Waals surface area contributed by atoms with Crippen molar-refractivity contribution in [2.75, 3.05) is 0 Å². The molecule has 0 aromatic carbocycles. The van der Waals surface area contributed by atoms with Crippen LogP contribution in [0.15, 0.2) is 0 Å². The maximum absolute atomic E-state index is 11.8. The third-order valence-electron chi connectivity index (χ3n) is 0.347. The summed E-state index contributed by atoms with van der Waals surface area (Å²) >= 11 is 3.81. The summed E-state index contributed by atoms with van der Waals surface area (Å²) < 4.78 is 11.3. The van der Waals surface area contributed by atoms with Gasteiger partial charge in [-0.15, -0.1) is 0 Å². The molecule has 0 spiro atoms. The largest absolute Gasteiger partial charge is 0.235 e. The van der Waals surface area contributed by atoms with E-state index >= 15 is 0 Å². The van der Waals surface area contributed by atoms with E-state index in [1.807, 2.05) is 29.5 Å². The van der Waals surface area contributed by atoms with Gasteiger partial charge in [0.1, 0.15) is 0 Å². The predicted molar refractivity (Wildman–Crippen MR) is 42.4 cm³/mol. The summed E-state index contributed by atoms with van der Waals surface area (Å²) in [6.07, 6.45) is 0. The lowest BCUT2D eigenvalue weighted by Crippen LogP contribution is -1.99. The summed E-state index contributed by atoms with van der Waals surface area (Å²) in [6, 6.07) is 0. The second-order valence-electron chi connectivity index (χ2n) is 1.01. The summed E-state index contributed by atoms with van der Waals surface area (Å²) in [6.45, 7) is 1.84. The Bertz CT molecular complexity index is 29.8. The van der Waals surface area contributed by atoms with Gasteiger partial charge in [0, 0.05) is 3.92 Å². The Morgan fingerprint density at radius 3 is 1.67 bits per heavy atom. The van der Waals surface area contributed by atoms with Gasteiger partial charge in [0.15, 0.2) is 4.18 Å². The SMILES string of the molecule is CC(I)C(F)I. The van der Waals surface area contributed by atoms with Crippen LogP contribution in [0.3, 0.4) is 0 Å². The average molecular weight is 314 g/mol. The summed E-state index contributed by atoms with van der Waals surface area (Å²) in [7, 11) is 0. The molecule has 38 valence electrons. The van der Waals surface area contributed by atoms with Crippen molar-refractivity contribution < 1.29 is 4.39 Å². The van der Waals surface area contributed by atoms with Gasteiger partial charge in [-0.2, -0.15) is 0 Å².